The summed E-state index contributed by atoms with van der Waals surface area (Å²) < 4.78 is 4.92. The molecule has 0 bridgehead atoms. The Balaban J connectivity index is 2.78. The second-order valence-corrected chi connectivity index (χ2v) is 2.05. The SMILES string of the molecule is [CH2]c1ccc(OC=S)cc1. The van der Waals surface area contributed by atoms with E-state index in [1.54, 1.807) is 0 Å². The molecule has 1 radical (unpaired) electrons. The zero-order valence-electron chi connectivity index (χ0n) is 5.41. The highest BCUT2D eigenvalue weighted by Crippen LogP contribution is 2.09. The van der Waals surface area contributed by atoms with Crippen LogP contribution in [0.5, 0.6) is 5.75 Å². The molecule has 0 atom stereocenters. The van der Waals surface area contributed by atoms with Gasteiger partial charge in [0.15, 0.2) is 5.55 Å². The lowest BCUT2D eigenvalue weighted by Crippen LogP contribution is -1.85. The van der Waals surface area contributed by atoms with Crippen LogP contribution in [0.4, 0.5) is 0 Å². The number of thiocarbonyl (C=S) groups is 1. The molecule has 0 aliphatic carbocycles. The first kappa shape index (κ1) is 7.22. The van der Waals surface area contributed by atoms with Crippen molar-refractivity contribution >= 4 is 17.8 Å². The summed E-state index contributed by atoms with van der Waals surface area (Å²) in [6, 6.07) is 7.39. The minimum absolute atomic E-state index is 0.752. The molecule has 0 heterocycles. The van der Waals surface area contributed by atoms with Crippen LogP contribution in [0.25, 0.3) is 0 Å². The van der Waals surface area contributed by atoms with Crippen LogP contribution in [0.2, 0.25) is 0 Å². The monoisotopic (exact) mass is 151 g/mol. The summed E-state index contributed by atoms with van der Waals surface area (Å²) in [6.07, 6.45) is 0. The van der Waals surface area contributed by atoms with Gasteiger partial charge in [0.1, 0.15) is 5.75 Å². The van der Waals surface area contributed by atoms with Gasteiger partial charge in [0.05, 0.1) is 0 Å². The third kappa shape index (κ3) is 1.81. The smallest absolute Gasteiger partial charge is 0.154 e. The van der Waals surface area contributed by atoms with Crippen molar-refractivity contribution in [3.05, 3.63) is 36.8 Å². The van der Waals surface area contributed by atoms with Crippen molar-refractivity contribution in [1.82, 2.24) is 0 Å². The van der Waals surface area contributed by atoms with Gasteiger partial charge < -0.3 is 4.74 Å². The molecule has 0 N–H and O–H groups in total. The maximum absolute atomic E-state index is 4.92. The Morgan fingerprint density at radius 3 is 2.40 bits per heavy atom. The largest absolute Gasteiger partial charge is 0.454 e. The molecule has 0 aliphatic rings. The molecule has 1 aromatic carbocycles. The number of hydrogen-bond donors (Lipinski definition) is 0. The van der Waals surface area contributed by atoms with Gasteiger partial charge in [-0.25, -0.2) is 0 Å². The normalized spacial score (nSPS) is 8.90. The molecule has 10 heavy (non-hydrogen) atoms. The predicted molar refractivity (Wildman–Crippen MR) is 45.2 cm³/mol. The molecule has 1 nitrogen and oxygen atoms in total. The first-order chi connectivity index (χ1) is 4.83. The fourth-order valence-electron chi connectivity index (χ4n) is 0.624. The summed E-state index contributed by atoms with van der Waals surface area (Å²) in [7, 11) is 0. The first-order valence-electron chi connectivity index (χ1n) is 2.85. The summed E-state index contributed by atoms with van der Waals surface area (Å²) in [5.41, 5.74) is 2.20. The van der Waals surface area contributed by atoms with Gasteiger partial charge in [-0.15, -0.1) is 0 Å². The quantitative estimate of drug-likeness (QED) is 0.599. The van der Waals surface area contributed by atoms with E-state index in [4.69, 9.17) is 4.74 Å². The number of rotatable bonds is 2. The van der Waals surface area contributed by atoms with E-state index in [-0.39, 0.29) is 0 Å². The Morgan fingerprint density at radius 1 is 1.30 bits per heavy atom. The van der Waals surface area contributed by atoms with Crippen LogP contribution in [-0.4, -0.2) is 5.55 Å². The molecular formula is C8H7OS. The van der Waals surface area contributed by atoms with Crippen molar-refractivity contribution in [2.24, 2.45) is 0 Å². The van der Waals surface area contributed by atoms with Crippen molar-refractivity contribution in [1.29, 1.82) is 0 Å². The molecular weight excluding hydrogens is 144 g/mol. The summed E-state index contributed by atoms with van der Waals surface area (Å²) >= 11 is 4.50. The number of hydrogen-bond acceptors (Lipinski definition) is 2. The fraction of sp³-hybridized carbons (Fsp3) is 0. The third-order valence-corrected chi connectivity index (χ3v) is 1.20. The summed E-state index contributed by atoms with van der Waals surface area (Å²) in [6.45, 7) is 3.73. The number of benzene rings is 1. The van der Waals surface area contributed by atoms with E-state index in [2.05, 4.69) is 19.1 Å². The second kappa shape index (κ2) is 3.32. The van der Waals surface area contributed by atoms with Gasteiger partial charge in [-0.05, 0) is 36.8 Å². The van der Waals surface area contributed by atoms with Crippen molar-refractivity contribution in [3.63, 3.8) is 0 Å². The van der Waals surface area contributed by atoms with Gasteiger partial charge in [-0.3, -0.25) is 0 Å². The highest BCUT2D eigenvalue weighted by atomic mass is 32.1. The Labute approximate surface area is 65.6 Å². The third-order valence-electron chi connectivity index (χ3n) is 1.11. The average molecular weight is 151 g/mol. The van der Waals surface area contributed by atoms with Gasteiger partial charge in [-0.1, -0.05) is 12.1 Å². The Hall–Kier alpha value is -0.890. The van der Waals surface area contributed by atoms with Crippen LogP contribution in [0.1, 0.15) is 5.56 Å². The molecule has 0 amide bonds. The van der Waals surface area contributed by atoms with Crippen molar-refractivity contribution in [2.75, 3.05) is 0 Å². The molecule has 0 spiro atoms. The minimum atomic E-state index is 0.752. The van der Waals surface area contributed by atoms with Crippen LogP contribution < -0.4 is 4.74 Å². The molecule has 1 rings (SSSR count). The predicted octanol–water partition coefficient (Wildman–Crippen LogP) is 2.20. The highest BCUT2D eigenvalue weighted by Gasteiger charge is 1.87. The van der Waals surface area contributed by atoms with Gasteiger partial charge in [0.25, 0.3) is 0 Å². The fourth-order valence-corrected chi connectivity index (χ4v) is 0.735. The molecule has 0 unspecified atom stereocenters. The summed E-state index contributed by atoms with van der Waals surface area (Å²) in [5.74, 6) is 0.752. The average Bonchev–Trinajstić information content (AvgIpc) is 1.95. The topological polar surface area (TPSA) is 9.23 Å². The van der Waals surface area contributed by atoms with Gasteiger partial charge in [-0.2, -0.15) is 0 Å². The molecule has 0 fully saturated rings. The Kier molecular flexibility index (Phi) is 2.40. The van der Waals surface area contributed by atoms with E-state index < -0.39 is 0 Å². The van der Waals surface area contributed by atoms with Gasteiger partial charge in [0, 0.05) is 0 Å². The zero-order chi connectivity index (χ0) is 7.40. The van der Waals surface area contributed by atoms with Gasteiger partial charge in [0.2, 0.25) is 0 Å². The van der Waals surface area contributed by atoms with Crippen LogP contribution in [0.3, 0.4) is 0 Å². The Morgan fingerprint density at radius 2 is 1.90 bits per heavy atom. The van der Waals surface area contributed by atoms with E-state index in [9.17, 15) is 0 Å². The standard InChI is InChI=1S/C8H7OS/c1-7-2-4-8(5-3-7)9-6-10/h2-6H,1H2. The van der Waals surface area contributed by atoms with E-state index >= 15 is 0 Å². The molecule has 2 heteroatoms. The molecule has 0 aromatic heterocycles. The summed E-state index contributed by atoms with van der Waals surface area (Å²) in [4.78, 5) is 0. The number of ether oxygens (including phenoxy) is 1. The maximum Gasteiger partial charge on any atom is 0.154 e. The lowest BCUT2D eigenvalue weighted by Gasteiger charge is -1.96. The van der Waals surface area contributed by atoms with Crippen LogP contribution in [-0.2, 0) is 0 Å². The van der Waals surface area contributed by atoms with E-state index in [1.165, 1.54) is 5.55 Å². The van der Waals surface area contributed by atoms with Crippen LogP contribution in [0, 0.1) is 6.92 Å². The van der Waals surface area contributed by atoms with Crippen LogP contribution >= 0.6 is 12.2 Å². The van der Waals surface area contributed by atoms with Crippen molar-refractivity contribution in [3.8, 4) is 5.75 Å². The maximum atomic E-state index is 4.92. The zero-order valence-corrected chi connectivity index (χ0v) is 6.23. The minimum Gasteiger partial charge on any atom is -0.454 e. The molecule has 51 valence electrons. The highest BCUT2D eigenvalue weighted by molar-refractivity contribution is 7.78. The van der Waals surface area contributed by atoms with Crippen molar-refractivity contribution in [2.45, 2.75) is 0 Å². The van der Waals surface area contributed by atoms with E-state index in [0.717, 1.165) is 11.3 Å². The van der Waals surface area contributed by atoms with Crippen molar-refractivity contribution < 1.29 is 4.74 Å². The lowest BCUT2D eigenvalue weighted by atomic mass is 10.2. The van der Waals surface area contributed by atoms with E-state index in [1.807, 2.05) is 24.3 Å². The Bertz CT molecular complexity index is 215. The molecule has 0 saturated heterocycles. The van der Waals surface area contributed by atoms with Gasteiger partial charge >= 0.3 is 0 Å². The molecule has 0 aliphatic heterocycles. The lowest BCUT2D eigenvalue weighted by molar-refractivity contribution is 0.586. The first-order valence-corrected chi connectivity index (χ1v) is 3.32. The molecule has 0 saturated carbocycles. The van der Waals surface area contributed by atoms with E-state index in [0.29, 0.717) is 0 Å². The summed E-state index contributed by atoms with van der Waals surface area (Å²) in [5, 5.41) is 0. The molecule has 1 aromatic rings. The van der Waals surface area contributed by atoms with Crippen LogP contribution in [0.15, 0.2) is 24.3 Å². The second-order valence-electron chi connectivity index (χ2n) is 1.86.